The van der Waals surface area contributed by atoms with E-state index in [9.17, 15) is 21.6 Å². The molecule has 2 N–H and O–H groups in total. The predicted molar refractivity (Wildman–Crippen MR) is 44.6 cm³/mol. The Balaban J connectivity index is 3.65. The van der Waals surface area contributed by atoms with Crippen molar-refractivity contribution in [2.24, 2.45) is 5.73 Å². The molecule has 0 heterocycles. The molecular formula is C6H12F3NO3S. The van der Waals surface area contributed by atoms with Crippen molar-refractivity contribution in [1.82, 2.24) is 0 Å². The summed E-state index contributed by atoms with van der Waals surface area (Å²) in [7, 11) is -3.37. The van der Waals surface area contributed by atoms with Gasteiger partial charge in [-0.25, -0.2) is 8.42 Å². The molecule has 8 heteroatoms. The Morgan fingerprint density at radius 2 is 1.79 bits per heavy atom. The third-order valence-electron chi connectivity index (χ3n) is 1.23. The third kappa shape index (κ3) is 8.27. The van der Waals surface area contributed by atoms with Gasteiger partial charge in [0.2, 0.25) is 0 Å². The van der Waals surface area contributed by atoms with E-state index in [2.05, 4.69) is 4.74 Å². The number of hydrogen-bond acceptors (Lipinski definition) is 4. The first-order chi connectivity index (χ1) is 6.27. The summed E-state index contributed by atoms with van der Waals surface area (Å²) in [6, 6.07) is 0. The summed E-state index contributed by atoms with van der Waals surface area (Å²) in [5.41, 5.74) is 4.99. The second-order valence-electron chi connectivity index (χ2n) is 2.61. The van der Waals surface area contributed by atoms with Gasteiger partial charge in [0.05, 0.1) is 18.1 Å². The van der Waals surface area contributed by atoms with Crippen LogP contribution in [-0.4, -0.2) is 45.9 Å². The molecule has 0 rings (SSSR count). The van der Waals surface area contributed by atoms with Crippen molar-refractivity contribution in [3.05, 3.63) is 0 Å². The van der Waals surface area contributed by atoms with E-state index in [0.717, 1.165) is 0 Å². The molecule has 4 nitrogen and oxygen atoms in total. The van der Waals surface area contributed by atoms with Gasteiger partial charge in [0.25, 0.3) is 0 Å². The van der Waals surface area contributed by atoms with E-state index in [1.54, 1.807) is 0 Å². The first-order valence-corrected chi connectivity index (χ1v) is 5.64. The predicted octanol–water partition coefficient (Wildman–Crippen LogP) is -0.0612. The topological polar surface area (TPSA) is 69.4 Å². The highest BCUT2D eigenvalue weighted by atomic mass is 32.2. The molecule has 86 valence electrons. The smallest absolute Gasteiger partial charge is 0.371 e. The van der Waals surface area contributed by atoms with E-state index >= 15 is 0 Å². The van der Waals surface area contributed by atoms with Crippen molar-refractivity contribution in [1.29, 1.82) is 0 Å². The van der Waals surface area contributed by atoms with Crippen LogP contribution in [0.5, 0.6) is 0 Å². The molecule has 0 bridgehead atoms. The van der Waals surface area contributed by atoms with Gasteiger partial charge < -0.3 is 10.5 Å². The monoisotopic (exact) mass is 235 g/mol. The SMILES string of the molecule is NCCS(=O)(=O)CCOCC(F)(F)F. The van der Waals surface area contributed by atoms with Crippen LogP contribution in [0.4, 0.5) is 13.2 Å². The van der Waals surface area contributed by atoms with Crippen LogP contribution in [0.25, 0.3) is 0 Å². The second-order valence-corrected chi connectivity index (χ2v) is 4.91. The highest BCUT2D eigenvalue weighted by Crippen LogP contribution is 2.14. The van der Waals surface area contributed by atoms with Crippen molar-refractivity contribution in [2.75, 3.05) is 31.3 Å². The maximum absolute atomic E-state index is 11.5. The van der Waals surface area contributed by atoms with Crippen LogP contribution in [-0.2, 0) is 14.6 Å². The van der Waals surface area contributed by atoms with Gasteiger partial charge in [0.1, 0.15) is 6.61 Å². The number of rotatable bonds is 6. The van der Waals surface area contributed by atoms with E-state index in [0.29, 0.717) is 0 Å². The minimum atomic E-state index is -4.42. The summed E-state index contributed by atoms with van der Waals surface area (Å²) in [6.45, 7) is -1.92. The lowest BCUT2D eigenvalue weighted by Crippen LogP contribution is -2.24. The van der Waals surface area contributed by atoms with Gasteiger partial charge in [-0.3, -0.25) is 0 Å². The molecule has 0 fully saturated rings. The van der Waals surface area contributed by atoms with E-state index in [4.69, 9.17) is 5.73 Å². The maximum Gasteiger partial charge on any atom is 0.411 e. The van der Waals surface area contributed by atoms with Crippen LogP contribution in [0, 0.1) is 0 Å². The highest BCUT2D eigenvalue weighted by molar-refractivity contribution is 7.91. The normalized spacial score (nSPS) is 13.1. The highest BCUT2D eigenvalue weighted by Gasteiger charge is 2.27. The van der Waals surface area contributed by atoms with Gasteiger partial charge >= 0.3 is 6.18 Å². The summed E-state index contributed by atoms with van der Waals surface area (Å²) < 4.78 is 60.6. The van der Waals surface area contributed by atoms with Gasteiger partial charge in [-0.15, -0.1) is 0 Å². The summed E-state index contributed by atoms with van der Waals surface area (Å²) in [6.07, 6.45) is -4.42. The molecule has 0 saturated carbocycles. The molecule has 0 aliphatic heterocycles. The van der Waals surface area contributed by atoms with Gasteiger partial charge in [-0.05, 0) is 0 Å². The van der Waals surface area contributed by atoms with Crippen LogP contribution in [0.15, 0.2) is 0 Å². The zero-order valence-electron chi connectivity index (χ0n) is 7.38. The van der Waals surface area contributed by atoms with Gasteiger partial charge in [0, 0.05) is 6.54 Å². The molecule has 0 spiro atoms. The average Bonchev–Trinajstić information content (AvgIpc) is 1.96. The number of sulfone groups is 1. The molecule has 14 heavy (non-hydrogen) atoms. The molecule has 0 aromatic carbocycles. The Morgan fingerprint density at radius 1 is 1.21 bits per heavy atom. The van der Waals surface area contributed by atoms with E-state index in [1.165, 1.54) is 0 Å². The molecule has 0 aliphatic carbocycles. The Kier molecular flexibility index (Phi) is 5.38. The molecule has 0 amide bonds. The fourth-order valence-electron chi connectivity index (χ4n) is 0.655. The zero-order chi connectivity index (χ0) is 11.2. The van der Waals surface area contributed by atoms with Crippen LogP contribution in [0.1, 0.15) is 0 Å². The van der Waals surface area contributed by atoms with Crippen molar-refractivity contribution >= 4 is 9.84 Å². The summed E-state index contributed by atoms with van der Waals surface area (Å²) in [5, 5.41) is 0. The first-order valence-electron chi connectivity index (χ1n) is 3.82. The van der Waals surface area contributed by atoms with Crippen LogP contribution < -0.4 is 5.73 Å². The van der Waals surface area contributed by atoms with Gasteiger partial charge in [-0.2, -0.15) is 13.2 Å². The number of halogens is 3. The summed E-state index contributed by atoms with van der Waals surface area (Å²) in [5.74, 6) is -0.664. The van der Waals surface area contributed by atoms with Crippen LogP contribution in [0.3, 0.4) is 0 Å². The summed E-state index contributed by atoms with van der Waals surface area (Å²) >= 11 is 0. The Labute approximate surface area is 80.1 Å². The number of nitrogens with two attached hydrogens (primary N) is 1. The second kappa shape index (κ2) is 5.52. The number of hydrogen-bond donors (Lipinski definition) is 1. The van der Waals surface area contributed by atoms with Gasteiger partial charge in [-0.1, -0.05) is 0 Å². The average molecular weight is 235 g/mol. The van der Waals surface area contributed by atoms with Crippen molar-refractivity contribution in [2.45, 2.75) is 6.18 Å². The molecule has 0 saturated heterocycles. The molecule has 0 unspecified atom stereocenters. The molecule has 0 radical (unpaired) electrons. The van der Waals surface area contributed by atoms with E-state index < -0.39 is 35.0 Å². The fourth-order valence-corrected chi connectivity index (χ4v) is 1.59. The first kappa shape index (κ1) is 13.7. The Bertz CT molecular complexity index is 250. The van der Waals surface area contributed by atoms with Crippen LogP contribution in [0.2, 0.25) is 0 Å². The maximum atomic E-state index is 11.5. The van der Waals surface area contributed by atoms with E-state index in [-0.39, 0.29) is 12.3 Å². The minimum Gasteiger partial charge on any atom is -0.371 e. The quantitative estimate of drug-likeness (QED) is 0.655. The van der Waals surface area contributed by atoms with Crippen LogP contribution >= 0.6 is 0 Å². The molecule has 0 aromatic rings. The zero-order valence-corrected chi connectivity index (χ0v) is 8.20. The fraction of sp³-hybridized carbons (Fsp3) is 1.00. The van der Waals surface area contributed by atoms with E-state index in [1.807, 2.05) is 0 Å². The third-order valence-corrected chi connectivity index (χ3v) is 2.88. The van der Waals surface area contributed by atoms with Crippen molar-refractivity contribution < 1.29 is 26.3 Å². The lowest BCUT2D eigenvalue weighted by Gasteiger charge is -2.07. The molecular weight excluding hydrogens is 223 g/mol. The molecule has 0 aromatic heterocycles. The summed E-state index contributed by atoms with van der Waals surface area (Å²) in [4.78, 5) is 0. The Hall–Kier alpha value is -0.340. The van der Waals surface area contributed by atoms with Gasteiger partial charge in [0.15, 0.2) is 9.84 Å². The molecule has 0 atom stereocenters. The number of alkyl halides is 3. The lowest BCUT2D eigenvalue weighted by atomic mass is 10.7. The van der Waals surface area contributed by atoms with Crippen molar-refractivity contribution in [3.63, 3.8) is 0 Å². The van der Waals surface area contributed by atoms with Crippen molar-refractivity contribution in [3.8, 4) is 0 Å². The lowest BCUT2D eigenvalue weighted by molar-refractivity contribution is -0.172. The largest absolute Gasteiger partial charge is 0.411 e. The molecule has 0 aliphatic rings. The number of ether oxygens (including phenoxy) is 1. The standard InChI is InChI=1S/C6H12F3NO3S/c7-6(8,9)5-13-2-4-14(11,12)3-1-10/h1-5,10H2. The Morgan fingerprint density at radius 3 is 2.21 bits per heavy atom. The minimum absolute atomic E-state index is 0.0401.